The third-order valence-electron chi connectivity index (χ3n) is 7.12. The van der Waals surface area contributed by atoms with Crippen LogP contribution in [0.3, 0.4) is 0 Å². The molecular formula is C27H35N3O4S. The summed E-state index contributed by atoms with van der Waals surface area (Å²) < 4.78 is 28.7. The molecule has 1 aliphatic heterocycles. The van der Waals surface area contributed by atoms with E-state index in [0.29, 0.717) is 38.5 Å². The van der Waals surface area contributed by atoms with E-state index in [4.69, 9.17) is 0 Å². The van der Waals surface area contributed by atoms with E-state index in [9.17, 15) is 18.0 Å². The van der Waals surface area contributed by atoms with E-state index < -0.39 is 16.1 Å². The van der Waals surface area contributed by atoms with Crippen molar-refractivity contribution in [3.8, 4) is 0 Å². The van der Waals surface area contributed by atoms with Crippen LogP contribution in [0, 0.1) is 5.92 Å². The molecule has 0 spiro atoms. The lowest BCUT2D eigenvalue weighted by molar-refractivity contribution is -0.140. The third kappa shape index (κ3) is 6.92. The number of benzene rings is 2. The highest BCUT2D eigenvalue weighted by molar-refractivity contribution is 7.89. The van der Waals surface area contributed by atoms with Crippen LogP contribution >= 0.6 is 0 Å². The van der Waals surface area contributed by atoms with Crippen LogP contribution in [0.25, 0.3) is 0 Å². The fraction of sp³-hybridized carbons (Fsp3) is 0.481. The number of nitrogens with zero attached hydrogens (tertiary/aromatic N) is 2. The molecule has 188 valence electrons. The summed E-state index contributed by atoms with van der Waals surface area (Å²) in [5.41, 5.74) is 0.877. The van der Waals surface area contributed by atoms with E-state index in [1.54, 1.807) is 23.1 Å². The van der Waals surface area contributed by atoms with Crippen LogP contribution in [0.5, 0.6) is 0 Å². The molecule has 8 heteroatoms. The summed E-state index contributed by atoms with van der Waals surface area (Å²) in [5, 5.41) is 0. The van der Waals surface area contributed by atoms with Crippen LogP contribution in [0.1, 0.15) is 44.1 Å². The summed E-state index contributed by atoms with van der Waals surface area (Å²) in [6, 6.07) is 16.6. The minimum absolute atomic E-state index is 0.128. The van der Waals surface area contributed by atoms with E-state index in [0.717, 1.165) is 12.0 Å². The molecule has 2 aromatic rings. The van der Waals surface area contributed by atoms with Crippen molar-refractivity contribution in [3.63, 3.8) is 0 Å². The summed E-state index contributed by atoms with van der Waals surface area (Å²) in [5.74, 6) is 0.583. The van der Waals surface area contributed by atoms with Gasteiger partial charge in [0.25, 0.3) is 0 Å². The molecule has 0 aromatic heterocycles. The molecule has 7 nitrogen and oxygen atoms in total. The number of amides is 2. The third-order valence-corrected chi connectivity index (χ3v) is 8.60. The van der Waals surface area contributed by atoms with Crippen molar-refractivity contribution >= 4 is 21.8 Å². The van der Waals surface area contributed by atoms with Gasteiger partial charge in [0, 0.05) is 32.6 Å². The second-order valence-corrected chi connectivity index (χ2v) is 11.3. The molecular weight excluding hydrogens is 462 g/mol. The summed E-state index contributed by atoms with van der Waals surface area (Å²) in [6.07, 6.45) is 6.81. The molecule has 0 radical (unpaired) electrons. The Kier molecular flexibility index (Phi) is 8.57. The summed E-state index contributed by atoms with van der Waals surface area (Å²) in [7, 11) is -3.87. The Morgan fingerprint density at radius 1 is 0.857 bits per heavy atom. The zero-order chi connectivity index (χ0) is 24.7. The topological polar surface area (TPSA) is 86.8 Å². The Morgan fingerprint density at radius 2 is 1.43 bits per heavy atom. The minimum Gasteiger partial charge on any atom is -0.339 e. The Hall–Kier alpha value is -2.71. The predicted octanol–water partition coefficient (Wildman–Crippen LogP) is 3.22. The maximum absolute atomic E-state index is 13.5. The van der Waals surface area contributed by atoms with Gasteiger partial charge in [-0.1, -0.05) is 74.2 Å². The molecule has 2 fully saturated rings. The zero-order valence-corrected chi connectivity index (χ0v) is 21.0. The van der Waals surface area contributed by atoms with Crippen molar-refractivity contribution in [2.45, 2.75) is 55.9 Å². The van der Waals surface area contributed by atoms with Gasteiger partial charge in [0.15, 0.2) is 0 Å². The van der Waals surface area contributed by atoms with Crippen molar-refractivity contribution in [3.05, 3.63) is 66.2 Å². The lowest BCUT2D eigenvalue weighted by Gasteiger charge is -2.36. The van der Waals surface area contributed by atoms with Crippen molar-refractivity contribution in [2.24, 2.45) is 5.92 Å². The second-order valence-electron chi connectivity index (χ2n) is 9.57. The Morgan fingerprint density at radius 3 is 2.06 bits per heavy atom. The Labute approximate surface area is 208 Å². The van der Waals surface area contributed by atoms with Gasteiger partial charge in [0.2, 0.25) is 21.8 Å². The Bertz CT molecular complexity index is 1080. The first kappa shape index (κ1) is 25.4. The van der Waals surface area contributed by atoms with Gasteiger partial charge < -0.3 is 9.80 Å². The van der Waals surface area contributed by atoms with E-state index in [2.05, 4.69) is 4.72 Å². The maximum atomic E-state index is 13.5. The average molecular weight is 498 g/mol. The van der Waals surface area contributed by atoms with Gasteiger partial charge in [-0.2, -0.15) is 4.72 Å². The molecule has 35 heavy (non-hydrogen) atoms. The molecule has 1 aliphatic carbocycles. The number of rotatable bonds is 9. The predicted molar refractivity (Wildman–Crippen MR) is 135 cm³/mol. The molecule has 2 amide bonds. The summed E-state index contributed by atoms with van der Waals surface area (Å²) in [4.78, 5) is 29.8. The maximum Gasteiger partial charge on any atom is 0.241 e. The normalized spacial score (nSPS) is 17.9. The number of sulfonamides is 1. The lowest BCUT2D eigenvalue weighted by atomic mass is 10.0. The number of carbonyl (C=O) groups excluding carboxylic acids is 2. The smallest absolute Gasteiger partial charge is 0.241 e. The average Bonchev–Trinajstić information content (AvgIpc) is 3.41. The first-order valence-electron chi connectivity index (χ1n) is 12.6. The van der Waals surface area contributed by atoms with E-state index in [1.807, 2.05) is 35.2 Å². The first-order chi connectivity index (χ1) is 16.9. The van der Waals surface area contributed by atoms with Crippen LogP contribution < -0.4 is 4.72 Å². The first-order valence-corrected chi connectivity index (χ1v) is 14.1. The van der Waals surface area contributed by atoms with Gasteiger partial charge in [0.05, 0.1) is 4.90 Å². The number of carbonyl (C=O) groups is 2. The molecule has 0 bridgehead atoms. The quantitative estimate of drug-likeness (QED) is 0.576. The SMILES string of the molecule is O=C(CCC1CCCC1)N1CCN(C(=O)C(Cc2ccccc2)NS(=O)(=O)c2ccccc2)CC1. The second kappa shape index (κ2) is 11.8. The van der Waals surface area contributed by atoms with Crippen molar-refractivity contribution < 1.29 is 18.0 Å². The summed E-state index contributed by atoms with van der Waals surface area (Å²) >= 11 is 0. The van der Waals surface area contributed by atoms with Crippen molar-refractivity contribution in [1.82, 2.24) is 14.5 Å². The van der Waals surface area contributed by atoms with Crippen molar-refractivity contribution in [1.29, 1.82) is 0 Å². The number of nitrogens with one attached hydrogen (secondary N) is 1. The number of hydrogen-bond acceptors (Lipinski definition) is 4. The van der Waals surface area contributed by atoms with Crippen LogP contribution in [-0.2, 0) is 26.0 Å². The van der Waals surface area contributed by atoms with Crippen LogP contribution in [0.15, 0.2) is 65.6 Å². The van der Waals surface area contributed by atoms with E-state index in [1.165, 1.54) is 37.8 Å². The molecule has 2 aromatic carbocycles. The van der Waals surface area contributed by atoms with Gasteiger partial charge in [-0.25, -0.2) is 8.42 Å². The number of piperazine rings is 1. The standard InChI is InChI=1S/C27H35N3O4S/c31-26(16-15-22-9-7-8-10-22)29-17-19-30(20-18-29)27(32)25(21-23-11-3-1-4-12-23)28-35(33,34)24-13-5-2-6-14-24/h1-6,11-14,22,25,28H,7-10,15-21H2. The zero-order valence-electron chi connectivity index (χ0n) is 20.1. The largest absolute Gasteiger partial charge is 0.339 e. The van der Waals surface area contributed by atoms with E-state index in [-0.39, 0.29) is 23.1 Å². The van der Waals surface area contributed by atoms with Gasteiger partial charge in [0.1, 0.15) is 6.04 Å². The number of hydrogen-bond donors (Lipinski definition) is 1. The highest BCUT2D eigenvalue weighted by Gasteiger charge is 2.32. The van der Waals surface area contributed by atoms with Crippen LogP contribution in [0.4, 0.5) is 0 Å². The van der Waals surface area contributed by atoms with Crippen LogP contribution in [-0.4, -0.2) is 62.3 Å². The molecule has 1 unspecified atom stereocenters. The fourth-order valence-corrected chi connectivity index (χ4v) is 6.28. The monoisotopic (exact) mass is 497 g/mol. The molecule has 1 saturated carbocycles. The molecule has 1 saturated heterocycles. The van der Waals surface area contributed by atoms with Gasteiger partial charge in [-0.15, -0.1) is 0 Å². The fourth-order valence-electron chi connectivity index (χ4n) is 5.07. The van der Waals surface area contributed by atoms with Crippen LogP contribution in [0.2, 0.25) is 0 Å². The Balaban J connectivity index is 1.39. The van der Waals surface area contributed by atoms with Crippen molar-refractivity contribution in [2.75, 3.05) is 26.2 Å². The van der Waals surface area contributed by atoms with Gasteiger partial charge in [-0.05, 0) is 36.5 Å². The highest BCUT2D eigenvalue weighted by Crippen LogP contribution is 2.28. The molecule has 1 N–H and O–H groups in total. The molecule has 4 rings (SSSR count). The molecule has 2 aliphatic rings. The molecule has 1 heterocycles. The minimum atomic E-state index is -3.87. The van der Waals surface area contributed by atoms with E-state index >= 15 is 0 Å². The lowest BCUT2D eigenvalue weighted by Crippen LogP contribution is -2.56. The highest BCUT2D eigenvalue weighted by atomic mass is 32.2. The van der Waals surface area contributed by atoms with Gasteiger partial charge >= 0.3 is 0 Å². The molecule has 1 atom stereocenters. The summed E-state index contributed by atoms with van der Waals surface area (Å²) in [6.45, 7) is 1.79. The van der Waals surface area contributed by atoms with Gasteiger partial charge in [-0.3, -0.25) is 9.59 Å².